The number of hydrogen-bond acceptors (Lipinski definition) is 5. The zero-order valence-corrected chi connectivity index (χ0v) is 11.4. The second-order valence-corrected chi connectivity index (χ2v) is 7.64. The van der Waals surface area contributed by atoms with Gasteiger partial charge in [-0.2, -0.15) is 5.26 Å². The van der Waals surface area contributed by atoms with Gasteiger partial charge in [-0.3, -0.25) is 0 Å². The lowest BCUT2D eigenvalue weighted by atomic mass is 10.1. The Morgan fingerprint density at radius 3 is 2.89 bits per heavy atom. The molecule has 0 N–H and O–H groups in total. The number of sulfone groups is 1. The Labute approximate surface area is 108 Å². The molecule has 0 radical (unpaired) electrons. The number of nitriles is 1. The smallest absolute Gasteiger partial charge is 0.167 e. The second kappa shape index (κ2) is 5.16. The average Bonchev–Trinajstić information content (AvgIpc) is 2.64. The summed E-state index contributed by atoms with van der Waals surface area (Å²) in [5, 5.41) is 8.26. The molecular formula is C12H19NO4S. The van der Waals surface area contributed by atoms with Crippen LogP contribution in [0.3, 0.4) is 0 Å². The van der Waals surface area contributed by atoms with Crippen molar-refractivity contribution in [1.29, 1.82) is 5.26 Å². The standard InChI is InChI=1S/C12H19NO4S/c1-12(16-9-10(17-12)5-6-13)8-11-4-2-3-7-18(11,14)15/h10-11H,2-5,7-9H2,1H3. The summed E-state index contributed by atoms with van der Waals surface area (Å²) in [6.07, 6.45) is 2.82. The first-order chi connectivity index (χ1) is 8.45. The van der Waals surface area contributed by atoms with E-state index in [1.54, 1.807) is 6.92 Å². The zero-order valence-electron chi connectivity index (χ0n) is 10.6. The summed E-state index contributed by atoms with van der Waals surface area (Å²) >= 11 is 0. The summed E-state index contributed by atoms with van der Waals surface area (Å²) in [5.41, 5.74) is 0. The predicted molar refractivity (Wildman–Crippen MR) is 65.5 cm³/mol. The van der Waals surface area contributed by atoms with Crippen molar-refractivity contribution in [1.82, 2.24) is 0 Å². The van der Waals surface area contributed by atoms with Crippen LogP contribution in [0.5, 0.6) is 0 Å². The molecule has 0 aromatic carbocycles. The van der Waals surface area contributed by atoms with Crippen molar-refractivity contribution in [3.05, 3.63) is 0 Å². The molecule has 2 aliphatic heterocycles. The second-order valence-electron chi connectivity index (χ2n) is 5.24. The third kappa shape index (κ3) is 3.02. The van der Waals surface area contributed by atoms with Crippen LogP contribution >= 0.6 is 0 Å². The minimum absolute atomic E-state index is 0.230. The molecule has 6 heteroatoms. The lowest BCUT2D eigenvalue weighted by Gasteiger charge is -2.30. The third-order valence-electron chi connectivity index (χ3n) is 3.62. The summed E-state index contributed by atoms with van der Waals surface area (Å²) in [7, 11) is -3.00. The quantitative estimate of drug-likeness (QED) is 0.776. The predicted octanol–water partition coefficient (Wildman–Crippen LogP) is 1.39. The maximum atomic E-state index is 12.0. The summed E-state index contributed by atoms with van der Waals surface area (Å²) in [6.45, 7) is 2.14. The average molecular weight is 273 g/mol. The Bertz CT molecular complexity index is 441. The normalized spacial score (nSPS) is 39.3. The zero-order chi connectivity index (χ0) is 13.2. The van der Waals surface area contributed by atoms with Crippen LogP contribution in [0.15, 0.2) is 0 Å². The van der Waals surface area contributed by atoms with Crippen molar-refractivity contribution in [2.45, 2.75) is 56.2 Å². The van der Waals surface area contributed by atoms with E-state index in [0.717, 1.165) is 12.8 Å². The first-order valence-electron chi connectivity index (χ1n) is 6.35. The van der Waals surface area contributed by atoms with Crippen molar-refractivity contribution in [3.8, 4) is 6.07 Å². The summed E-state index contributed by atoms with van der Waals surface area (Å²) in [6, 6.07) is 2.04. The fourth-order valence-corrected chi connectivity index (χ4v) is 4.69. The Kier molecular flexibility index (Phi) is 3.95. The molecule has 0 bridgehead atoms. The Morgan fingerprint density at radius 2 is 2.22 bits per heavy atom. The van der Waals surface area contributed by atoms with Gasteiger partial charge in [-0.05, 0) is 19.8 Å². The molecule has 0 aromatic heterocycles. The van der Waals surface area contributed by atoms with Crippen molar-refractivity contribution in [3.63, 3.8) is 0 Å². The highest BCUT2D eigenvalue weighted by molar-refractivity contribution is 7.92. The molecule has 0 amide bonds. The number of nitrogens with zero attached hydrogens (tertiary/aromatic N) is 1. The Hall–Kier alpha value is -0.640. The van der Waals surface area contributed by atoms with Crippen molar-refractivity contribution in [2.75, 3.05) is 12.4 Å². The van der Waals surface area contributed by atoms with Crippen LogP contribution in [0, 0.1) is 11.3 Å². The van der Waals surface area contributed by atoms with E-state index < -0.39 is 15.6 Å². The van der Waals surface area contributed by atoms with Crippen LogP contribution in [0.4, 0.5) is 0 Å². The summed E-state index contributed by atoms with van der Waals surface area (Å²) in [5.74, 6) is -0.577. The lowest BCUT2D eigenvalue weighted by Crippen LogP contribution is -2.38. The highest BCUT2D eigenvalue weighted by Crippen LogP contribution is 2.34. The van der Waals surface area contributed by atoms with E-state index in [9.17, 15) is 8.42 Å². The van der Waals surface area contributed by atoms with Crippen molar-refractivity contribution in [2.24, 2.45) is 0 Å². The maximum Gasteiger partial charge on any atom is 0.167 e. The molecule has 5 nitrogen and oxygen atoms in total. The van der Waals surface area contributed by atoms with Gasteiger partial charge in [0, 0.05) is 6.42 Å². The minimum atomic E-state index is -3.00. The maximum absolute atomic E-state index is 12.0. The molecular weight excluding hydrogens is 254 g/mol. The van der Waals surface area contributed by atoms with Gasteiger partial charge in [0.25, 0.3) is 0 Å². The summed E-state index contributed by atoms with van der Waals surface area (Å²) in [4.78, 5) is 0. The van der Waals surface area contributed by atoms with Crippen LogP contribution in [0.2, 0.25) is 0 Å². The third-order valence-corrected chi connectivity index (χ3v) is 5.90. The molecule has 0 aliphatic carbocycles. The summed E-state index contributed by atoms with van der Waals surface area (Å²) < 4.78 is 35.2. The first kappa shape index (κ1) is 13.8. The lowest BCUT2D eigenvalue weighted by molar-refractivity contribution is -0.158. The fourth-order valence-electron chi connectivity index (χ4n) is 2.66. The molecule has 18 heavy (non-hydrogen) atoms. The molecule has 3 atom stereocenters. The van der Waals surface area contributed by atoms with Crippen LogP contribution in [0.1, 0.15) is 39.0 Å². The molecule has 0 aromatic rings. The van der Waals surface area contributed by atoms with Gasteiger partial charge in [0.1, 0.15) is 0 Å². The highest BCUT2D eigenvalue weighted by atomic mass is 32.2. The molecule has 0 spiro atoms. The Morgan fingerprint density at radius 1 is 1.44 bits per heavy atom. The number of hydrogen-bond donors (Lipinski definition) is 0. The fraction of sp³-hybridized carbons (Fsp3) is 0.917. The van der Waals surface area contributed by atoms with Gasteiger partial charge in [-0.15, -0.1) is 0 Å². The SMILES string of the molecule is CC1(CC2CCCCS2(=O)=O)OCC(CC#N)O1. The molecule has 2 fully saturated rings. The van der Waals surface area contributed by atoms with Gasteiger partial charge in [-0.25, -0.2) is 8.42 Å². The van der Waals surface area contributed by atoms with E-state index in [-0.39, 0.29) is 23.5 Å². The van der Waals surface area contributed by atoms with Gasteiger partial charge < -0.3 is 9.47 Å². The van der Waals surface area contributed by atoms with Gasteiger partial charge in [0.05, 0.1) is 36.2 Å². The van der Waals surface area contributed by atoms with Crippen LogP contribution in [-0.2, 0) is 19.3 Å². The largest absolute Gasteiger partial charge is 0.347 e. The molecule has 0 saturated carbocycles. The van der Waals surface area contributed by atoms with Crippen molar-refractivity contribution < 1.29 is 17.9 Å². The van der Waals surface area contributed by atoms with Gasteiger partial charge in [-0.1, -0.05) is 6.42 Å². The van der Waals surface area contributed by atoms with Crippen LogP contribution in [0.25, 0.3) is 0 Å². The van der Waals surface area contributed by atoms with E-state index >= 15 is 0 Å². The van der Waals surface area contributed by atoms with Gasteiger partial charge in [0.2, 0.25) is 0 Å². The van der Waals surface area contributed by atoms with Crippen molar-refractivity contribution >= 4 is 9.84 Å². The van der Waals surface area contributed by atoms with Gasteiger partial charge >= 0.3 is 0 Å². The Balaban J connectivity index is 1.99. The van der Waals surface area contributed by atoms with E-state index in [0.29, 0.717) is 19.4 Å². The monoisotopic (exact) mass is 273 g/mol. The molecule has 102 valence electrons. The minimum Gasteiger partial charge on any atom is -0.347 e. The molecule has 2 saturated heterocycles. The molecule has 3 unspecified atom stereocenters. The topological polar surface area (TPSA) is 76.4 Å². The van der Waals surface area contributed by atoms with Crippen LogP contribution < -0.4 is 0 Å². The van der Waals surface area contributed by atoms with Gasteiger partial charge in [0.15, 0.2) is 15.6 Å². The molecule has 2 aliphatic rings. The first-order valence-corrected chi connectivity index (χ1v) is 8.07. The van der Waals surface area contributed by atoms with E-state index in [1.165, 1.54) is 0 Å². The highest BCUT2D eigenvalue weighted by Gasteiger charge is 2.42. The molecule has 2 heterocycles. The molecule has 2 rings (SSSR count). The number of ether oxygens (including phenoxy) is 2. The number of rotatable bonds is 3. The van der Waals surface area contributed by atoms with E-state index in [4.69, 9.17) is 14.7 Å². The van der Waals surface area contributed by atoms with E-state index in [2.05, 4.69) is 0 Å². The van der Waals surface area contributed by atoms with Crippen LogP contribution in [-0.4, -0.2) is 37.9 Å². The van der Waals surface area contributed by atoms with E-state index in [1.807, 2.05) is 6.07 Å².